The van der Waals surface area contributed by atoms with E-state index in [1.54, 1.807) is 30.6 Å². The molecule has 0 radical (unpaired) electrons. The van der Waals surface area contributed by atoms with Crippen LogP contribution in [0.3, 0.4) is 0 Å². The van der Waals surface area contributed by atoms with Crippen LogP contribution in [-0.2, 0) is 13.0 Å². The second-order valence-corrected chi connectivity index (χ2v) is 6.14. The Morgan fingerprint density at radius 2 is 1.89 bits per heavy atom. The van der Waals surface area contributed by atoms with Gasteiger partial charge in [-0.3, -0.25) is 4.98 Å². The van der Waals surface area contributed by atoms with Crippen molar-refractivity contribution in [1.82, 2.24) is 20.1 Å². The topological polar surface area (TPSA) is 126 Å². The summed E-state index contributed by atoms with van der Waals surface area (Å²) >= 11 is 0. The van der Waals surface area contributed by atoms with Crippen molar-refractivity contribution in [2.24, 2.45) is 0 Å². The lowest BCUT2D eigenvalue weighted by Crippen LogP contribution is -2.00. The Morgan fingerprint density at radius 3 is 2.64 bits per heavy atom. The van der Waals surface area contributed by atoms with E-state index in [2.05, 4.69) is 20.1 Å². The predicted octanol–water partition coefficient (Wildman–Crippen LogP) is 2.86. The van der Waals surface area contributed by atoms with E-state index in [1.807, 2.05) is 30.3 Å². The van der Waals surface area contributed by atoms with Gasteiger partial charge in [0, 0.05) is 30.9 Å². The normalized spacial score (nSPS) is 10.7. The van der Waals surface area contributed by atoms with Crippen molar-refractivity contribution in [3.8, 4) is 17.2 Å². The maximum Gasteiger partial charge on any atom is 0.213 e. The van der Waals surface area contributed by atoms with Crippen molar-refractivity contribution in [3.63, 3.8) is 0 Å². The van der Waals surface area contributed by atoms with Crippen molar-refractivity contribution >= 4 is 11.6 Å². The fourth-order valence-electron chi connectivity index (χ4n) is 2.66. The molecule has 4 rings (SSSR count). The van der Waals surface area contributed by atoms with Crippen molar-refractivity contribution in [2.45, 2.75) is 13.0 Å². The van der Waals surface area contributed by atoms with E-state index in [1.165, 1.54) is 0 Å². The third-order valence-corrected chi connectivity index (χ3v) is 4.05. The van der Waals surface area contributed by atoms with E-state index < -0.39 is 0 Å². The standard InChI is InChI=1S/C20H18N6O2/c21-18-7-6-16(20(22)25-18)17-10-15(26-28-17)9-13-4-5-14(24-11-13)12-27-19-3-1-2-8-23-19/h1-8,10-11H,9,12H2,(H4,21,22,25). The van der Waals surface area contributed by atoms with Gasteiger partial charge in [0.2, 0.25) is 5.88 Å². The smallest absolute Gasteiger partial charge is 0.213 e. The molecule has 0 aromatic carbocycles. The lowest BCUT2D eigenvalue weighted by molar-refractivity contribution is 0.289. The van der Waals surface area contributed by atoms with Crippen LogP contribution in [0.1, 0.15) is 17.0 Å². The molecule has 0 fully saturated rings. The van der Waals surface area contributed by atoms with E-state index in [0.29, 0.717) is 41.9 Å². The molecule has 0 saturated carbocycles. The number of anilines is 2. The van der Waals surface area contributed by atoms with Gasteiger partial charge >= 0.3 is 0 Å². The molecule has 0 saturated heterocycles. The lowest BCUT2D eigenvalue weighted by Gasteiger charge is -2.05. The van der Waals surface area contributed by atoms with E-state index in [-0.39, 0.29) is 0 Å². The molecule has 0 unspecified atom stereocenters. The van der Waals surface area contributed by atoms with Crippen molar-refractivity contribution in [1.29, 1.82) is 0 Å². The molecule has 0 aliphatic carbocycles. The summed E-state index contributed by atoms with van der Waals surface area (Å²) in [6, 6.07) is 14.7. The first-order chi connectivity index (χ1) is 13.7. The zero-order valence-corrected chi connectivity index (χ0v) is 14.9. The monoisotopic (exact) mass is 374 g/mol. The average molecular weight is 374 g/mol. The molecular formula is C20H18N6O2. The van der Waals surface area contributed by atoms with E-state index >= 15 is 0 Å². The van der Waals surface area contributed by atoms with Crippen LogP contribution in [0.4, 0.5) is 11.6 Å². The van der Waals surface area contributed by atoms with E-state index in [0.717, 1.165) is 17.0 Å². The van der Waals surface area contributed by atoms with Gasteiger partial charge in [-0.2, -0.15) is 0 Å². The first-order valence-electron chi connectivity index (χ1n) is 8.63. The molecule has 0 bridgehead atoms. The summed E-state index contributed by atoms with van der Waals surface area (Å²) in [4.78, 5) is 12.6. The summed E-state index contributed by atoms with van der Waals surface area (Å²) in [5, 5.41) is 4.10. The molecule has 8 heteroatoms. The Bertz CT molecular complexity index is 1060. The zero-order chi connectivity index (χ0) is 19.3. The SMILES string of the molecule is Nc1ccc(-c2cc(Cc3ccc(COc4ccccn4)nc3)no2)c(N)n1. The summed E-state index contributed by atoms with van der Waals surface area (Å²) in [5.41, 5.74) is 14.8. The number of nitrogen functional groups attached to an aromatic ring is 2. The van der Waals surface area contributed by atoms with Crippen LogP contribution in [0.15, 0.2) is 65.4 Å². The second-order valence-electron chi connectivity index (χ2n) is 6.14. The van der Waals surface area contributed by atoms with Crippen LogP contribution in [0, 0.1) is 0 Å². The summed E-state index contributed by atoms with van der Waals surface area (Å²) in [5.74, 6) is 1.79. The molecule has 4 N–H and O–H groups in total. The van der Waals surface area contributed by atoms with Gasteiger partial charge in [0.15, 0.2) is 5.76 Å². The summed E-state index contributed by atoms with van der Waals surface area (Å²) < 4.78 is 11.0. The molecular weight excluding hydrogens is 356 g/mol. The van der Waals surface area contributed by atoms with Gasteiger partial charge < -0.3 is 20.7 Å². The van der Waals surface area contributed by atoms with Crippen molar-refractivity contribution in [2.75, 3.05) is 11.5 Å². The minimum atomic E-state index is 0.307. The maximum absolute atomic E-state index is 5.90. The molecule has 0 amide bonds. The van der Waals surface area contributed by atoms with Crippen molar-refractivity contribution < 1.29 is 9.26 Å². The number of nitrogens with zero attached hydrogens (tertiary/aromatic N) is 4. The highest BCUT2D eigenvalue weighted by atomic mass is 16.5. The molecule has 4 aromatic rings. The van der Waals surface area contributed by atoms with Crippen LogP contribution >= 0.6 is 0 Å². The minimum absolute atomic E-state index is 0.307. The van der Waals surface area contributed by atoms with Crippen LogP contribution < -0.4 is 16.2 Å². The molecule has 0 aliphatic heterocycles. The summed E-state index contributed by atoms with van der Waals surface area (Å²) in [6.07, 6.45) is 4.07. The van der Waals surface area contributed by atoms with Gasteiger partial charge in [-0.05, 0) is 29.8 Å². The molecule has 0 atom stereocenters. The number of hydrogen-bond donors (Lipinski definition) is 2. The van der Waals surface area contributed by atoms with Gasteiger partial charge in [0.1, 0.15) is 18.2 Å². The van der Waals surface area contributed by atoms with Gasteiger partial charge in [0.25, 0.3) is 0 Å². The molecule has 4 aromatic heterocycles. The number of ether oxygens (including phenoxy) is 1. The Morgan fingerprint density at radius 1 is 0.964 bits per heavy atom. The highest BCUT2D eigenvalue weighted by Crippen LogP contribution is 2.26. The van der Waals surface area contributed by atoms with Crippen LogP contribution in [0.25, 0.3) is 11.3 Å². The fourth-order valence-corrected chi connectivity index (χ4v) is 2.66. The number of hydrogen-bond acceptors (Lipinski definition) is 8. The number of rotatable bonds is 6. The second kappa shape index (κ2) is 7.75. The largest absolute Gasteiger partial charge is 0.471 e. The van der Waals surface area contributed by atoms with Gasteiger partial charge in [-0.15, -0.1) is 0 Å². The first kappa shape index (κ1) is 17.5. The molecule has 140 valence electrons. The van der Waals surface area contributed by atoms with Crippen molar-refractivity contribution in [3.05, 3.63) is 77.9 Å². The quantitative estimate of drug-likeness (QED) is 0.527. The van der Waals surface area contributed by atoms with Crippen LogP contribution in [-0.4, -0.2) is 20.1 Å². The Labute approximate surface area is 161 Å². The number of nitrogens with two attached hydrogens (primary N) is 2. The first-order valence-corrected chi connectivity index (χ1v) is 8.63. The Kier molecular flexibility index (Phi) is 4.83. The fraction of sp³-hybridized carbons (Fsp3) is 0.100. The third kappa shape index (κ3) is 4.07. The summed E-state index contributed by atoms with van der Waals surface area (Å²) in [7, 11) is 0. The highest BCUT2D eigenvalue weighted by molar-refractivity contribution is 5.71. The average Bonchev–Trinajstić information content (AvgIpc) is 3.16. The predicted molar refractivity (Wildman–Crippen MR) is 104 cm³/mol. The lowest BCUT2D eigenvalue weighted by atomic mass is 10.1. The van der Waals surface area contributed by atoms with E-state index in [9.17, 15) is 0 Å². The minimum Gasteiger partial charge on any atom is -0.471 e. The van der Waals surface area contributed by atoms with Gasteiger partial charge in [-0.25, -0.2) is 9.97 Å². The Hall–Kier alpha value is -3.94. The molecule has 4 heterocycles. The molecule has 0 aliphatic rings. The number of aromatic nitrogens is 4. The van der Waals surface area contributed by atoms with Gasteiger partial charge in [0.05, 0.1) is 17.0 Å². The van der Waals surface area contributed by atoms with Crippen LogP contribution in [0.2, 0.25) is 0 Å². The third-order valence-electron chi connectivity index (χ3n) is 4.05. The maximum atomic E-state index is 5.90. The zero-order valence-electron chi connectivity index (χ0n) is 14.9. The molecule has 28 heavy (non-hydrogen) atoms. The summed E-state index contributed by atoms with van der Waals surface area (Å²) in [6.45, 7) is 0.356. The highest BCUT2D eigenvalue weighted by Gasteiger charge is 2.12. The molecule has 8 nitrogen and oxygen atoms in total. The van der Waals surface area contributed by atoms with Gasteiger partial charge in [-0.1, -0.05) is 17.3 Å². The molecule has 0 spiro atoms. The Balaban J connectivity index is 1.40. The van der Waals surface area contributed by atoms with E-state index in [4.69, 9.17) is 20.7 Å². The number of pyridine rings is 3. The van der Waals surface area contributed by atoms with Crippen LogP contribution in [0.5, 0.6) is 5.88 Å².